The number of nitrogens with one attached hydrogen (secondary N) is 1. The molecule has 0 aliphatic heterocycles. The van der Waals surface area contributed by atoms with Gasteiger partial charge >= 0.3 is 6.09 Å². The number of furan rings is 1. The van der Waals surface area contributed by atoms with E-state index < -0.39 is 11.7 Å². The first-order valence-electron chi connectivity index (χ1n) is 13.3. The average molecular weight is 619 g/mol. The number of halogens is 2. The minimum atomic E-state index is -0.575. The maximum Gasteiger partial charge on any atom is 0.410 e. The summed E-state index contributed by atoms with van der Waals surface area (Å²) in [4.78, 5) is 23.2. The lowest BCUT2D eigenvalue weighted by Crippen LogP contribution is -2.33. The Bertz CT molecular complexity index is 1840. The van der Waals surface area contributed by atoms with E-state index >= 15 is 0 Å². The van der Waals surface area contributed by atoms with Gasteiger partial charge in [-0.05, 0) is 86.7 Å². The van der Waals surface area contributed by atoms with E-state index in [0.29, 0.717) is 39.4 Å². The number of hydrogen-bond donors (Lipinski definition) is 1. The van der Waals surface area contributed by atoms with Crippen LogP contribution >= 0.6 is 22.9 Å². The highest BCUT2D eigenvalue weighted by Crippen LogP contribution is 2.33. The molecule has 0 radical (unpaired) electrons. The summed E-state index contributed by atoms with van der Waals surface area (Å²) < 4.78 is 31.2. The minimum absolute atomic E-state index is 0.193. The van der Waals surface area contributed by atoms with Gasteiger partial charge in [0.05, 0.1) is 26.7 Å². The minimum Gasteiger partial charge on any atom is -0.487 e. The number of hydrogen-bond acceptors (Lipinski definition) is 8. The van der Waals surface area contributed by atoms with Crippen LogP contribution in [0.3, 0.4) is 0 Å². The van der Waals surface area contributed by atoms with Gasteiger partial charge in [-0.1, -0.05) is 23.7 Å². The second-order valence-corrected chi connectivity index (χ2v) is 12.0. The summed E-state index contributed by atoms with van der Waals surface area (Å²) in [5, 5.41) is 3.69. The molecular formula is C32H28ClFN4O4S. The second-order valence-electron chi connectivity index (χ2n) is 10.6. The zero-order valence-electron chi connectivity index (χ0n) is 23.9. The number of nitrogens with zero attached hydrogens (tertiary/aromatic N) is 3. The Labute approximate surface area is 257 Å². The molecule has 0 saturated carbocycles. The van der Waals surface area contributed by atoms with Gasteiger partial charge in [0, 0.05) is 12.7 Å². The van der Waals surface area contributed by atoms with E-state index in [2.05, 4.69) is 27.1 Å². The van der Waals surface area contributed by atoms with Crippen molar-refractivity contribution in [3.8, 4) is 17.6 Å². The van der Waals surface area contributed by atoms with E-state index in [1.54, 1.807) is 43.4 Å². The summed E-state index contributed by atoms with van der Waals surface area (Å²) in [5.41, 5.74) is 1.58. The molecule has 0 atom stereocenters. The van der Waals surface area contributed by atoms with Crippen molar-refractivity contribution in [3.05, 3.63) is 99.8 Å². The molecule has 1 amide bonds. The third-order valence-electron chi connectivity index (χ3n) is 5.86. The average Bonchev–Trinajstić information content (AvgIpc) is 3.57. The standard InChI is InChI=1S/C32H28ClFN4O4S/c1-32(2,3)42-31(39)38(4)17-24-10-9-23(41-24)11-12-25-16-27-29(43-25)30(36-19-35-27)37-22-8-13-28(26(33)15-22)40-18-20-6-5-7-21(34)14-20/h5-10,13-16,19H,17-18H2,1-4H3,(H,35,36,37). The molecule has 0 spiro atoms. The van der Waals surface area contributed by atoms with Crippen LogP contribution in [0.25, 0.3) is 10.2 Å². The number of benzene rings is 2. The smallest absolute Gasteiger partial charge is 0.410 e. The molecule has 11 heteroatoms. The Morgan fingerprint density at radius 3 is 2.72 bits per heavy atom. The van der Waals surface area contributed by atoms with Crippen LogP contribution in [0.5, 0.6) is 5.75 Å². The molecule has 5 aromatic rings. The van der Waals surface area contributed by atoms with Crippen LogP contribution in [-0.2, 0) is 17.9 Å². The number of carbonyl (C=O) groups excluding carboxylic acids is 1. The molecular weight excluding hydrogens is 591 g/mol. The summed E-state index contributed by atoms with van der Waals surface area (Å²) in [5.74, 6) is 7.99. The molecule has 5 rings (SSSR count). The van der Waals surface area contributed by atoms with Crippen molar-refractivity contribution in [2.45, 2.75) is 39.5 Å². The van der Waals surface area contributed by atoms with E-state index in [4.69, 9.17) is 25.5 Å². The lowest BCUT2D eigenvalue weighted by molar-refractivity contribution is 0.0274. The lowest BCUT2D eigenvalue weighted by atomic mass is 10.2. The summed E-state index contributed by atoms with van der Waals surface area (Å²) in [6.07, 6.45) is 1.05. The third-order valence-corrected chi connectivity index (χ3v) is 7.20. The molecule has 0 aliphatic rings. The fraction of sp³-hybridized carbons (Fsp3) is 0.219. The quantitative estimate of drug-likeness (QED) is 0.184. The molecule has 0 aliphatic carbocycles. The molecule has 8 nitrogen and oxygen atoms in total. The van der Waals surface area contributed by atoms with Gasteiger partial charge in [-0.25, -0.2) is 19.2 Å². The third kappa shape index (κ3) is 8.03. The maximum atomic E-state index is 13.4. The monoisotopic (exact) mass is 618 g/mol. The van der Waals surface area contributed by atoms with Crippen LogP contribution < -0.4 is 10.1 Å². The van der Waals surface area contributed by atoms with Crippen LogP contribution in [0, 0.1) is 17.7 Å². The van der Waals surface area contributed by atoms with Crippen molar-refractivity contribution in [2.75, 3.05) is 12.4 Å². The Balaban J connectivity index is 1.25. The molecule has 3 aromatic heterocycles. The number of amides is 1. The van der Waals surface area contributed by atoms with Crippen LogP contribution in [0.2, 0.25) is 5.02 Å². The molecule has 43 heavy (non-hydrogen) atoms. The Morgan fingerprint density at radius 2 is 1.95 bits per heavy atom. The normalized spacial score (nSPS) is 11.1. The number of rotatable bonds is 7. The van der Waals surface area contributed by atoms with Crippen molar-refractivity contribution >= 4 is 50.8 Å². The van der Waals surface area contributed by atoms with E-state index in [9.17, 15) is 9.18 Å². The lowest BCUT2D eigenvalue weighted by Gasteiger charge is -2.24. The SMILES string of the molecule is CN(Cc1ccc(C#Cc2cc3ncnc(Nc4ccc(OCc5cccc(F)c5)c(Cl)c4)c3s2)o1)C(=O)OC(C)(C)C. The Morgan fingerprint density at radius 1 is 1.12 bits per heavy atom. The molecule has 0 saturated heterocycles. The van der Waals surface area contributed by atoms with Crippen LogP contribution in [0.15, 0.2) is 71.4 Å². The van der Waals surface area contributed by atoms with E-state index in [1.807, 2.05) is 32.9 Å². The highest BCUT2D eigenvalue weighted by Gasteiger charge is 2.20. The Hall–Kier alpha value is -4.59. The van der Waals surface area contributed by atoms with Crippen molar-refractivity contribution in [2.24, 2.45) is 0 Å². The van der Waals surface area contributed by atoms with Gasteiger partial charge in [-0.2, -0.15) is 0 Å². The van der Waals surface area contributed by atoms with Gasteiger partial charge in [0.25, 0.3) is 0 Å². The predicted octanol–water partition coefficient (Wildman–Crippen LogP) is 8.17. The van der Waals surface area contributed by atoms with Gasteiger partial charge in [0.15, 0.2) is 11.6 Å². The zero-order valence-corrected chi connectivity index (χ0v) is 25.5. The van der Waals surface area contributed by atoms with E-state index in [1.165, 1.54) is 34.7 Å². The summed E-state index contributed by atoms with van der Waals surface area (Å²) >= 11 is 7.91. The van der Waals surface area contributed by atoms with E-state index in [0.717, 1.165) is 15.1 Å². The zero-order chi connectivity index (χ0) is 30.6. The van der Waals surface area contributed by atoms with Crippen LogP contribution in [0.4, 0.5) is 20.7 Å². The molecule has 0 unspecified atom stereocenters. The Kier molecular flexibility index (Phi) is 8.85. The number of ether oxygens (including phenoxy) is 2. The molecule has 220 valence electrons. The van der Waals surface area contributed by atoms with Gasteiger partial charge in [0.1, 0.15) is 35.9 Å². The van der Waals surface area contributed by atoms with Crippen LogP contribution in [0.1, 0.15) is 42.7 Å². The number of carbonyl (C=O) groups is 1. The van der Waals surface area contributed by atoms with Crippen molar-refractivity contribution < 1.29 is 23.1 Å². The number of thiophene rings is 1. The maximum absolute atomic E-state index is 13.4. The molecule has 0 fully saturated rings. The molecule has 0 bridgehead atoms. The highest BCUT2D eigenvalue weighted by molar-refractivity contribution is 7.20. The summed E-state index contributed by atoms with van der Waals surface area (Å²) in [7, 11) is 1.65. The fourth-order valence-electron chi connectivity index (χ4n) is 3.92. The van der Waals surface area contributed by atoms with Crippen LogP contribution in [-0.4, -0.2) is 33.6 Å². The summed E-state index contributed by atoms with van der Waals surface area (Å²) in [6, 6.07) is 17.0. The second kappa shape index (κ2) is 12.7. The molecule has 2 aromatic carbocycles. The largest absolute Gasteiger partial charge is 0.487 e. The number of anilines is 2. The first kappa shape index (κ1) is 29.9. The molecule has 3 heterocycles. The predicted molar refractivity (Wildman–Crippen MR) is 165 cm³/mol. The van der Waals surface area contributed by atoms with E-state index in [-0.39, 0.29) is 19.0 Å². The van der Waals surface area contributed by atoms with Gasteiger partial charge < -0.3 is 24.1 Å². The highest BCUT2D eigenvalue weighted by atomic mass is 35.5. The molecule has 1 N–H and O–H groups in total. The van der Waals surface area contributed by atoms with Crippen molar-refractivity contribution in [3.63, 3.8) is 0 Å². The van der Waals surface area contributed by atoms with Gasteiger partial charge in [-0.3, -0.25) is 0 Å². The summed E-state index contributed by atoms with van der Waals surface area (Å²) in [6.45, 7) is 5.91. The van der Waals surface area contributed by atoms with Crippen molar-refractivity contribution in [1.82, 2.24) is 14.9 Å². The number of fused-ring (bicyclic) bond motifs is 1. The first-order chi connectivity index (χ1) is 20.5. The van der Waals surface area contributed by atoms with Gasteiger partial charge in [0.2, 0.25) is 0 Å². The van der Waals surface area contributed by atoms with Gasteiger partial charge in [-0.15, -0.1) is 11.3 Å². The van der Waals surface area contributed by atoms with Crippen molar-refractivity contribution in [1.29, 1.82) is 0 Å². The first-order valence-corrected chi connectivity index (χ1v) is 14.4. The number of aromatic nitrogens is 2. The topological polar surface area (TPSA) is 89.7 Å². The fourth-order valence-corrected chi connectivity index (χ4v) is 5.06.